The lowest BCUT2D eigenvalue weighted by atomic mass is 10.1. The van der Waals surface area contributed by atoms with E-state index in [0.29, 0.717) is 0 Å². The van der Waals surface area contributed by atoms with Crippen molar-refractivity contribution < 1.29 is 4.79 Å². The van der Waals surface area contributed by atoms with E-state index in [9.17, 15) is 4.79 Å². The van der Waals surface area contributed by atoms with Crippen LogP contribution in [0.3, 0.4) is 0 Å². The van der Waals surface area contributed by atoms with Crippen molar-refractivity contribution >= 4 is 22.5 Å². The smallest absolute Gasteiger partial charge is 0.221 e. The number of carbonyl (C=O) groups is 1. The van der Waals surface area contributed by atoms with Gasteiger partial charge in [-0.25, -0.2) is 0 Å². The molecule has 0 spiro atoms. The van der Waals surface area contributed by atoms with Gasteiger partial charge in [0, 0.05) is 30.6 Å². The molecule has 3 rings (SSSR count). The molecular formula is C18H18N2O. The average molecular weight is 278 g/mol. The van der Waals surface area contributed by atoms with Crippen LogP contribution in [0.5, 0.6) is 0 Å². The van der Waals surface area contributed by atoms with Crippen LogP contribution in [0.1, 0.15) is 12.5 Å². The molecule has 3 heteroatoms. The summed E-state index contributed by atoms with van der Waals surface area (Å²) in [6, 6.07) is 16.4. The van der Waals surface area contributed by atoms with Crippen LogP contribution in [0.2, 0.25) is 0 Å². The third kappa shape index (κ3) is 2.31. The van der Waals surface area contributed by atoms with Gasteiger partial charge in [0.1, 0.15) is 0 Å². The van der Waals surface area contributed by atoms with Gasteiger partial charge in [0.2, 0.25) is 5.91 Å². The number of nitrogens with zero attached hydrogens (tertiary/aromatic N) is 1. The molecule has 1 amide bonds. The number of benzene rings is 2. The number of nitrogens with one attached hydrogen (secondary N) is 1. The molecule has 0 aliphatic rings. The number of rotatable bonds is 2. The molecule has 0 saturated carbocycles. The molecule has 106 valence electrons. The van der Waals surface area contributed by atoms with E-state index in [1.807, 2.05) is 24.3 Å². The first kappa shape index (κ1) is 13.4. The zero-order valence-corrected chi connectivity index (χ0v) is 12.5. The van der Waals surface area contributed by atoms with E-state index < -0.39 is 0 Å². The molecule has 1 N–H and O–H groups in total. The van der Waals surface area contributed by atoms with Crippen molar-refractivity contribution in [3.05, 3.63) is 54.1 Å². The predicted molar refractivity (Wildman–Crippen MR) is 87.4 cm³/mol. The van der Waals surface area contributed by atoms with Gasteiger partial charge in [-0.1, -0.05) is 30.3 Å². The van der Waals surface area contributed by atoms with Crippen LogP contribution in [0, 0.1) is 6.92 Å². The number of anilines is 1. The summed E-state index contributed by atoms with van der Waals surface area (Å²) in [6.07, 6.45) is 0. The summed E-state index contributed by atoms with van der Waals surface area (Å²) in [5, 5.41) is 4.07. The minimum absolute atomic E-state index is 0.0523. The lowest BCUT2D eigenvalue weighted by Gasteiger charge is -2.08. The van der Waals surface area contributed by atoms with Gasteiger partial charge in [0.15, 0.2) is 0 Å². The Bertz CT molecular complexity index is 774. The summed E-state index contributed by atoms with van der Waals surface area (Å²) in [5.74, 6) is -0.0523. The molecule has 1 heterocycles. The minimum atomic E-state index is -0.0523. The molecule has 0 aliphatic heterocycles. The fraction of sp³-hybridized carbons (Fsp3) is 0.167. The Morgan fingerprint density at radius 2 is 1.71 bits per heavy atom. The van der Waals surface area contributed by atoms with Crippen LogP contribution in [-0.4, -0.2) is 10.5 Å². The predicted octanol–water partition coefficient (Wildman–Crippen LogP) is 4.11. The second kappa shape index (κ2) is 5.09. The SMILES string of the molecule is CC(=O)Nc1ccc(-c2c(C)c3ccccc3n2C)cc1. The number of hydrogen-bond donors (Lipinski definition) is 1. The highest BCUT2D eigenvalue weighted by molar-refractivity contribution is 5.92. The van der Waals surface area contributed by atoms with Crippen molar-refractivity contribution in [2.24, 2.45) is 7.05 Å². The highest BCUT2D eigenvalue weighted by Gasteiger charge is 2.12. The number of aromatic nitrogens is 1. The van der Waals surface area contributed by atoms with Crippen molar-refractivity contribution in [3.8, 4) is 11.3 Å². The maximum Gasteiger partial charge on any atom is 0.221 e. The lowest BCUT2D eigenvalue weighted by molar-refractivity contribution is -0.114. The molecule has 0 atom stereocenters. The van der Waals surface area contributed by atoms with Crippen molar-refractivity contribution in [3.63, 3.8) is 0 Å². The van der Waals surface area contributed by atoms with E-state index in [4.69, 9.17) is 0 Å². The summed E-state index contributed by atoms with van der Waals surface area (Å²) >= 11 is 0. The number of hydrogen-bond acceptors (Lipinski definition) is 1. The number of para-hydroxylation sites is 1. The van der Waals surface area contributed by atoms with Crippen LogP contribution in [0.4, 0.5) is 5.69 Å². The van der Waals surface area contributed by atoms with E-state index >= 15 is 0 Å². The molecule has 0 bridgehead atoms. The first-order valence-corrected chi connectivity index (χ1v) is 7.00. The average Bonchev–Trinajstić information content (AvgIpc) is 2.72. The minimum Gasteiger partial charge on any atom is -0.343 e. The molecule has 0 saturated heterocycles. The number of aryl methyl sites for hydroxylation is 2. The molecule has 3 nitrogen and oxygen atoms in total. The molecule has 0 radical (unpaired) electrons. The van der Waals surface area contributed by atoms with Crippen LogP contribution < -0.4 is 5.32 Å². The molecular weight excluding hydrogens is 260 g/mol. The molecule has 0 fully saturated rings. The van der Waals surface area contributed by atoms with Crippen LogP contribution in [0.25, 0.3) is 22.2 Å². The number of fused-ring (bicyclic) bond motifs is 1. The second-order valence-corrected chi connectivity index (χ2v) is 5.31. The highest BCUT2D eigenvalue weighted by Crippen LogP contribution is 2.32. The summed E-state index contributed by atoms with van der Waals surface area (Å²) in [6.45, 7) is 3.67. The monoisotopic (exact) mass is 278 g/mol. The van der Waals surface area contributed by atoms with Crippen molar-refractivity contribution in [2.45, 2.75) is 13.8 Å². The Labute approximate surface area is 124 Å². The molecule has 3 aromatic rings. The van der Waals surface area contributed by atoms with Gasteiger partial charge in [-0.05, 0) is 36.2 Å². The summed E-state index contributed by atoms with van der Waals surface area (Å²) < 4.78 is 2.22. The van der Waals surface area contributed by atoms with Gasteiger partial charge in [0.05, 0.1) is 5.69 Å². The maximum absolute atomic E-state index is 11.1. The molecule has 0 unspecified atom stereocenters. The second-order valence-electron chi connectivity index (χ2n) is 5.31. The standard InChI is InChI=1S/C18H18N2O/c1-12-16-6-4-5-7-17(16)20(3)18(12)14-8-10-15(11-9-14)19-13(2)21/h4-11H,1-3H3,(H,19,21). The zero-order valence-electron chi connectivity index (χ0n) is 12.5. The Hall–Kier alpha value is -2.55. The van der Waals surface area contributed by atoms with E-state index in [1.54, 1.807) is 0 Å². The van der Waals surface area contributed by atoms with Gasteiger partial charge < -0.3 is 9.88 Å². The molecule has 1 aromatic heterocycles. The molecule has 21 heavy (non-hydrogen) atoms. The zero-order chi connectivity index (χ0) is 15.0. The van der Waals surface area contributed by atoms with Crippen molar-refractivity contribution in [1.82, 2.24) is 4.57 Å². The summed E-state index contributed by atoms with van der Waals surface area (Å²) in [7, 11) is 2.09. The van der Waals surface area contributed by atoms with Gasteiger partial charge in [0.25, 0.3) is 0 Å². The third-order valence-electron chi connectivity index (χ3n) is 3.84. The van der Waals surface area contributed by atoms with E-state index in [0.717, 1.165) is 11.3 Å². The Morgan fingerprint density at radius 1 is 1.05 bits per heavy atom. The number of amides is 1. The normalized spacial score (nSPS) is 10.8. The van der Waals surface area contributed by atoms with Gasteiger partial charge in [-0.3, -0.25) is 4.79 Å². The molecule has 2 aromatic carbocycles. The highest BCUT2D eigenvalue weighted by atomic mass is 16.1. The first-order valence-electron chi connectivity index (χ1n) is 7.00. The largest absolute Gasteiger partial charge is 0.343 e. The summed E-state index contributed by atoms with van der Waals surface area (Å²) in [5.41, 5.74) is 5.70. The van der Waals surface area contributed by atoms with Crippen LogP contribution >= 0.6 is 0 Å². The van der Waals surface area contributed by atoms with Gasteiger partial charge in [-0.15, -0.1) is 0 Å². The number of carbonyl (C=O) groups excluding carboxylic acids is 1. The van der Waals surface area contributed by atoms with E-state index in [-0.39, 0.29) is 5.91 Å². The van der Waals surface area contributed by atoms with E-state index in [2.05, 4.69) is 48.1 Å². The van der Waals surface area contributed by atoms with Crippen LogP contribution in [-0.2, 0) is 11.8 Å². The summed E-state index contributed by atoms with van der Waals surface area (Å²) in [4.78, 5) is 11.1. The fourth-order valence-electron chi connectivity index (χ4n) is 2.91. The van der Waals surface area contributed by atoms with Gasteiger partial charge in [-0.2, -0.15) is 0 Å². The maximum atomic E-state index is 11.1. The topological polar surface area (TPSA) is 34.0 Å². The lowest BCUT2D eigenvalue weighted by Crippen LogP contribution is -2.05. The first-order chi connectivity index (χ1) is 10.1. The van der Waals surface area contributed by atoms with Gasteiger partial charge >= 0.3 is 0 Å². The Balaban J connectivity index is 2.10. The Morgan fingerprint density at radius 3 is 2.33 bits per heavy atom. The van der Waals surface area contributed by atoms with Crippen molar-refractivity contribution in [1.29, 1.82) is 0 Å². The van der Waals surface area contributed by atoms with E-state index in [1.165, 1.54) is 29.1 Å². The quantitative estimate of drug-likeness (QED) is 0.752. The fourth-order valence-corrected chi connectivity index (χ4v) is 2.91. The van der Waals surface area contributed by atoms with Crippen LogP contribution in [0.15, 0.2) is 48.5 Å². The Kier molecular flexibility index (Phi) is 3.26. The third-order valence-corrected chi connectivity index (χ3v) is 3.84. The molecule has 0 aliphatic carbocycles. The van der Waals surface area contributed by atoms with Crippen molar-refractivity contribution in [2.75, 3.05) is 5.32 Å².